The van der Waals surface area contributed by atoms with Crippen LogP contribution in [0.1, 0.15) is 11.1 Å². The minimum atomic E-state index is -0.125. The first-order valence-electron chi connectivity index (χ1n) is 7.50. The van der Waals surface area contributed by atoms with Crippen molar-refractivity contribution in [2.45, 2.75) is 20.4 Å². The lowest BCUT2D eigenvalue weighted by Gasteiger charge is -2.13. The zero-order valence-electron chi connectivity index (χ0n) is 13.2. The molecule has 3 rings (SSSR count). The summed E-state index contributed by atoms with van der Waals surface area (Å²) in [5.41, 5.74) is 3.53. The standard InChI is InChI=1S/C19H18N2O2/c1-13-10-14(2)19-16(11-13)21(9-8-17(19)22)12-18(23)20-15-6-4-3-5-7-15/h3-11H,12H2,1-2H3,(H,20,23). The van der Waals surface area contributed by atoms with Crippen LogP contribution in [-0.2, 0) is 11.3 Å². The molecule has 0 saturated heterocycles. The Balaban J connectivity index is 1.96. The van der Waals surface area contributed by atoms with Crippen LogP contribution in [0, 0.1) is 13.8 Å². The van der Waals surface area contributed by atoms with E-state index in [9.17, 15) is 9.59 Å². The van der Waals surface area contributed by atoms with E-state index in [0.29, 0.717) is 5.39 Å². The molecule has 2 aromatic carbocycles. The summed E-state index contributed by atoms with van der Waals surface area (Å²) in [6, 6.07) is 14.8. The molecule has 1 aromatic heterocycles. The third-order valence-electron chi connectivity index (χ3n) is 3.79. The number of nitrogens with one attached hydrogen (secondary N) is 1. The van der Waals surface area contributed by atoms with E-state index in [-0.39, 0.29) is 17.9 Å². The summed E-state index contributed by atoms with van der Waals surface area (Å²) < 4.78 is 1.81. The van der Waals surface area contributed by atoms with Crippen LogP contribution in [0.4, 0.5) is 5.69 Å². The second-order valence-electron chi connectivity index (χ2n) is 5.70. The Kier molecular flexibility index (Phi) is 3.98. The number of amides is 1. The highest BCUT2D eigenvalue weighted by molar-refractivity contribution is 5.92. The van der Waals surface area contributed by atoms with Gasteiger partial charge in [0.2, 0.25) is 5.91 Å². The third kappa shape index (κ3) is 3.16. The Bertz CT molecular complexity index is 927. The van der Waals surface area contributed by atoms with Crippen LogP contribution in [0.25, 0.3) is 10.9 Å². The number of carbonyl (C=O) groups is 1. The predicted octanol–water partition coefficient (Wildman–Crippen LogP) is 3.26. The molecule has 0 aliphatic heterocycles. The smallest absolute Gasteiger partial charge is 0.244 e. The Morgan fingerprint density at radius 2 is 1.83 bits per heavy atom. The van der Waals surface area contributed by atoms with E-state index in [1.54, 1.807) is 6.20 Å². The van der Waals surface area contributed by atoms with Gasteiger partial charge in [-0.25, -0.2) is 0 Å². The van der Waals surface area contributed by atoms with Crippen molar-refractivity contribution in [2.75, 3.05) is 5.32 Å². The minimum Gasteiger partial charge on any atom is -0.338 e. The number of pyridine rings is 1. The van der Waals surface area contributed by atoms with E-state index in [0.717, 1.165) is 22.3 Å². The molecule has 0 unspecified atom stereocenters. The van der Waals surface area contributed by atoms with Crippen LogP contribution < -0.4 is 10.7 Å². The minimum absolute atomic E-state index is 0.0165. The molecule has 0 spiro atoms. The molecule has 1 N–H and O–H groups in total. The fraction of sp³-hybridized carbons (Fsp3) is 0.158. The number of aromatic nitrogens is 1. The van der Waals surface area contributed by atoms with Crippen LogP contribution >= 0.6 is 0 Å². The Labute approximate surface area is 134 Å². The van der Waals surface area contributed by atoms with Gasteiger partial charge in [-0.1, -0.05) is 24.3 Å². The monoisotopic (exact) mass is 306 g/mol. The molecule has 1 heterocycles. The quantitative estimate of drug-likeness (QED) is 0.807. The molecule has 4 nitrogen and oxygen atoms in total. The molecule has 4 heteroatoms. The predicted molar refractivity (Wildman–Crippen MR) is 92.8 cm³/mol. The van der Waals surface area contributed by atoms with Gasteiger partial charge in [0.1, 0.15) is 6.54 Å². The van der Waals surface area contributed by atoms with Crippen molar-refractivity contribution in [3.8, 4) is 0 Å². The number of para-hydroxylation sites is 1. The zero-order valence-corrected chi connectivity index (χ0v) is 13.2. The summed E-state index contributed by atoms with van der Waals surface area (Å²) >= 11 is 0. The van der Waals surface area contributed by atoms with Crippen molar-refractivity contribution < 1.29 is 4.79 Å². The van der Waals surface area contributed by atoms with Crippen LogP contribution in [-0.4, -0.2) is 10.5 Å². The Hall–Kier alpha value is -2.88. The van der Waals surface area contributed by atoms with Gasteiger partial charge in [-0.2, -0.15) is 0 Å². The first-order chi connectivity index (χ1) is 11.0. The molecule has 3 aromatic rings. The summed E-state index contributed by atoms with van der Waals surface area (Å²) in [7, 11) is 0. The molecule has 0 saturated carbocycles. The van der Waals surface area contributed by atoms with Crippen molar-refractivity contribution >= 4 is 22.5 Å². The number of carbonyl (C=O) groups excluding carboxylic acids is 1. The zero-order chi connectivity index (χ0) is 16.4. The van der Waals surface area contributed by atoms with E-state index in [1.165, 1.54) is 6.07 Å². The van der Waals surface area contributed by atoms with Crippen LogP contribution in [0.3, 0.4) is 0 Å². The van der Waals surface area contributed by atoms with Gasteiger partial charge in [-0.3, -0.25) is 9.59 Å². The second kappa shape index (κ2) is 6.08. The first-order valence-corrected chi connectivity index (χ1v) is 7.50. The number of rotatable bonds is 3. The number of aryl methyl sites for hydroxylation is 2. The fourth-order valence-electron chi connectivity index (χ4n) is 2.83. The lowest BCUT2D eigenvalue weighted by molar-refractivity contribution is -0.116. The first kappa shape index (κ1) is 15.0. The van der Waals surface area contributed by atoms with Crippen LogP contribution in [0.5, 0.6) is 0 Å². The van der Waals surface area contributed by atoms with Crippen LogP contribution in [0.2, 0.25) is 0 Å². The molecule has 1 amide bonds. The van der Waals surface area contributed by atoms with E-state index < -0.39 is 0 Å². The number of hydrogen-bond acceptors (Lipinski definition) is 2. The Morgan fingerprint density at radius 3 is 2.57 bits per heavy atom. The summed E-state index contributed by atoms with van der Waals surface area (Å²) in [4.78, 5) is 24.4. The second-order valence-corrected chi connectivity index (χ2v) is 5.70. The molecular weight excluding hydrogens is 288 g/mol. The number of anilines is 1. The molecule has 0 atom stereocenters. The highest BCUT2D eigenvalue weighted by atomic mass is 16.2. The molecule has 0 aliphatic carbocycles. The molecular formula is C19H18N2O2. The van der Waals surface area contributed by atoms with Gasteiger partial charge < -0.3 is 9.88 Å². The molecule has 0 radical (unpaired) electrons. The molecule has 23 heavy (non-hydrogen) atoms. The van der Waals surface area contributed by atoms with Crippen molar-refractivity contribution in [1.29, 1.82) is 0 Å². The molecule has 116 valence electrons. The number of nitrogens with zero attached hydrogens (tertiary/aromatic N) is 1. The van der Waals surface area contributed by atoms with Gasteiger partial charge in [0.05, 0.1) is 5.52 Å². The maximum absolute atomic E-state index is 12.3. The maximum Gasteiger partial charge on any atom is 0.244 e. The summed E-state index contributed by atoms with van der Waals surface area (Å²) in [5.74, 6) is -0.125. The van der Waals surface area contributed by atoms with E-state index in [2.05, 4.69) is 5.32 Å². The lowest BCUT2D eigenvalue weighted by Crippen LogP contribution is -2.20. The van der Waals surface area contributed by atoms with Crippen molar-refractivity contribution in [3.05, 3.63) is 76.1 Å². The average molecular weight is 306 g/mol. The largest absolute Gasteiger partial charge is 0.338 e. The van der Waals surface area contributed by atoms with Gasteiger partial charge in [0, 0.05) is 23.3 Å². The van der Waals surface area contributed by atoms with Crippen molar-refractivity contribution in [3.63, 3.8) is 0 Å². The fourth-order valence-corrected chi connectivity index (χ4v) is 2.83. The van der Waals surface area contributed by atoms with Gasteiger partial charge in [0.25, 0.3) is 0 Å². The van der Waals surface area contributed by atoms with Gasteiger partial charge in [-0.15, -0.1) is 0 Å². The summed E-state index contributed by atoms with van der Waals surface area (Å²) in [6.45, 7) is 4.07. The lowest BCUT2D eigenvalue weighted by atomic mass is 10.1. The van der Waals surface area contributed by atoms with Crippen molar-refractivity contribution in [2.24, 2.45) is 0 Å². The molecule has 0 aliphatic rings. The van der Waals surface area contributed by atoms with Gasteiger partial charge in [0.15, 0.2) is 5.43 Å². The number of benzene rings is 2. The summed E-state index contributed by atoms with van der Waals surface area (Å²) in [6.07, 6.45) is 1.67. The SMILES string of the molecule is Cc1cc(C)c2c(=O)ccn(CC(=O)Nc3ccccc3)c2c1. The summed E-state index contributed by atoms with van der Waals surface area (Å²) in [5, 5.41) is 3.53. The molecule has 0 bridgehead atoms. The van der Waals surface area contributed by atoms with E-state index in [4.69, 9.17) is 0 Å². The Morgan fingerprint density at radius 1 is 1.09 bits per heavy atom. The van der Waals surface area contributed by atoms with Gasteiger partial charge in [-0.05, 0) is 43.2 Å². The third-order valence-corrected chi connectivity index (χ3v) is 3.79. The van der Waals surface area contributed by atoms with E-state index in [1.807, 2.05) is 60.9 Å². The van der Waals surface area contributed by atoms with Crippen LogP contribution in [0.15, 0.2) is 59.5 Å². The number of hydrogen-bond donors (Lipinski definition) is 1. The number of fused-ring (bicyclic) bond motifs is 1. The van der Waals surface area contributed by atoms with Crippen molar-refractivity contribution in [1.82, 2.24) is 4.57 Å². The highest BCUT2D eigenvalue weighted by Gasteiger charge is 2.09. The van der Waals surface area contributed by atoms with Gasteiger partial charge >= 0.3 is 0 Å². The highest BCUT2D eigenvalue weighted by Crippen LogP contribution is 2.17. The topological polar surface area (TPSA) is 51.1 Å². The van der Waals surface area contributed by atoms with E-state index >= 15 is 0 Å². The maximum atomic E-state index is 12.3. The molecule has 0 fully saturated rings. The average Bonchev–Trinajstić information content (AvgIpc) is 2.50. The normalized spacial score (nSPS) is 10.7.